The van der Waals surface area contributed by atoms with E-state index >= 15 is 0 Å². The van der Waals surface area contributed by atoms with Crippen LogP contribution in [-0.4, -0.2) is 41.3 Å². The highest BCUT2D eigenvalue weighted by Crippen LogP contribution is 2.29. The van der Waals surface area contributed by atoms with Gasteiger partial charge in [-0.05, 0) is 26.0 Å². The number of nitrogens with one attached hydrogen (secondary N) is 1. The van der Waals surface area contributed by atoms with Crippen LogP contribution in [0.3, 0.4) is 0 Å². The van der Waals surface area contributed by atoms with Crippen molar-refractivity contribution in [1.82, 2.24) is 4.72 Å². The van der Waals surface area contributed by atoms with Gasteiger partial charge in [0.15, 0.2) is 11.5 Å². The molecule has 118 valence electrons. The number of hydrogen-bond acceptors (Lipinski definition) is 6. The molecular weight excluding hydrogens is 298 g/mol. The van der Waals surface area contributed by atoms with E-state index in [2.05, 4.69) is 4.72 Å². The average molecular weight is 317 g/mol. The first-order valence-electron chi connectivity index (χ1n) is 6.26. The predicted molar refractivity (Wildman–Crippen MR) is 76.0 cm³/mol. The second-order valence-corrected chi connectivity index (χ2v) is 5.83. The smallest absolute Gasteiger partial charge is 0.323 e. The monoisotopic (exact) mass is 317 g/mol. The number of rotatable bonds is 7. The van der Waals surface area contributed by atoms with Crippen molar-refractivity contribution in [3.63, 3.8) is 0 Å². The van der Waals surface area contributed by atoms with Gasteiger partial charge in [0.25, 0.3) is 0 Å². The molecule has 0 radical (unpaired) electrons. The first-order chi connectivity index (χ1) is 9.85. The lowest BCUT2D eigenvalue weighted by molar-refractivity contribution is -0.144. The summed E-state index contributed by atoms with van der Waals surface area (Å²) in [5.74, 6) is 0.0561. The van der Waals surface area contributed by atoms with Crippen molar-refractivity contribution in [1.29, 1.82) is 0 Å². The molecule has 0 heterocycles. The lowest BCUT2D eigenvalue weighted by Crippen LogP contribution is -2.39. The minimum absolute atomic E-state index is 0.0312. The van der Waals surface area contributed by atoms with Crippen molar-refractivity contribution in [2.24, 2.45) is 0 Å². The van der Waals surface area contributed by atoms with Crippen molar-refractivity contribution in [3.05, 3.63) is 18.2 Å². The Balaban J connectivity index is 3.00. The van der Waals surface area contributed by atoms with Crippen LogP contribution >= 0.6 is 0 Å². The number of sulfonamides is 1. The van der Waals surface area contributed by atoms with Gasteiger partial charge >= 0.3 is 5.97 Å². The third-order valence-electron chi connectivity index (χ3n) is 2.64. The molecule has 0 fully saturated rings. The van der Waals surface area contributed by atoms with Crippen LogP contribution in [-0.2, 0) is 19.6 Å². The number of ether oxygens (including phenoxy) is 3. The Morgan fingerprint density at radius 1 is 1.24 bits per heavy atom. The van der Waals surface area contributed by atoms with Crippen molar-refractivity contribution in [3.8, 4) is 11.5 Å². The van der Waals surface area contributed by atoms with Gasteiger partial charge in [0, 0.05) is 6.07 Å². The maximum absolute atomic E-state index is 12.2. The summed E-state index contributed by atoms with van der Waals surface area (Å²) in [5, 5.41) is 0. The zero-order valence-corrected chi connectivity index (χ0v) is 13.2. The molecule has 0 aliphatic heterocycles. The first-order valence-corrected chi connectivity index (χ1v) is 7.75. The zero-order chi connectivity index (χ0) is 16.0. The van der Waals surface area contributed by atoms with Gasteiger partial charge in [0.1, 0.15) is 6.04 Å². The van der Waals surface area contributed by atoms with E-state index in [-0.39, 0.29) is 17.3 Å². The van der Waals surface area contributed by atoms with E-state index in [4.69, 9.17) is 14.2 Å². The van der Waals surface area contributed by atoms with E-state index < -0.39 is 22.0 Å². The van der Waals surface area contributed by atoms with Gasteiger partial charge in [-0.15, -0.1) is 0 Å². The highest BCUT2D eigenvalue weighted by atomic mass is 32.2. The normalized spacial score (nSPS) is 12.6. The molecule has 1 N–H and O–H groups in total. The molecule has 1 aromatic carbocycles. The van der Waals surface area contributed by atoms with Crippen LogP contribution in [0.1, 0.15) is 13.8 Å². The third kappa shape index (κ3) is 4.33. The van der Waals surface area contributed by atoms with Crippen molar-refractivity contribution >= 4 is 16.0 Å². The molecule has 1 rings (SSSR count). The van der Waals surface area contributed by atoms with E-state index in [0.717, 1.165) is 0 Å². The van der Waals surface area contributed by atoms with Gasteiger partial charge in [-0.2, -0.15) is 4.72 Å². The molecule has 1 atom stereocenters. The predicted octanol–water partition coefficient (Wildman–Crippen LogP) is 0.934. The third-order valence-corrected chi connectivity index (χ3v) is 4.18. The zero-order valence-electron chi connectivity index (χ0n) is 12.4. The number of hydrogen-bond donors (Lipinski definition) is 1. The minimum Gasteiger partial charge on any atom is -0.493 e. The Hall–Kier alpha value is -1.80. The fourth-order valence-electron chi connectivity index (χ4n) is 1.60. The summed E-state index contributed by atoms with van der Waals surface area (Å²) in [4.78, 5) is 11.5. The Kier molecular flexibility index (Phi) is 5.98. The maximum Gasteiger partial charge on any atom is 0.323 e. The number of methoxy groups -OCH3 is 2. The van der Waals surface area contributed by atoms with Crippen molar-refractivity contribution in [2.45, 2.75) is 24.8 Å². The summed E-state index contributed by atoms with van der Waals surface area (Å²) >= 11 is 0. The molecule has 1 aromatic rings. The quantitative estimate of drug-likeness (QED) is 0.752. The molecule has 0 aliphatic carbocycles. The van der Waals surface area contributed by atoms with E-state index in [1.807, 2.05) is 0 Å². The molecule has 0 aliphatic rings. The first kappa shape index (κ1) is 17.3. The summed E-state index contributed by atoms with van der Waals surface area (Å²) < 4.78 is 41.5. The van der Waals surface area contributed by atoms with Crippen LogP contribution in [0.4, 0.5) is 0 Å². The molecule has 0 saturated heterocycles. The molecule has 0 spiro atoms. The Morgan fingerprint density at radius 3 is 2.38 bits per heavy atom. The number of esters is 1. The van der Waals surface area contributed by atoms with E-state index in [9.17, 15) is 13.2 Å². The average Bonchev–Trinajstić information content (AvgIpc) is 2.46. The van der Waals surface area contributed by atoms with Gasteiger partial charge < -0.3 is 14.2 Å². The van der Waals surface area contributed by atoms with E-state index in [1.54, 1.807) is 6.92 Å². The van der Waals surface area contributed by atoms with E-state index in [1.165, 1.54) is 39.3 Å². The molecule has 8 heteroatoms. The van der Waals surface area contributed by atoms with Crippen LogP contribution in [0.2, 0.25) is 0 Å². The molecule has 0 saturated carbocycles. The molecular formula is C13H19NO6S. The summed E-state index contributed by atoms with van der Waals surface area (Å²) in [7, 11) is -1.01. The van der Waals surface area contributed by atoms with Crippen LogP contribution in [0, 0.1) is 0 Å². The lowest BCUT2D eigenvalue weighted by atomic mass is 10.3. The second-order valence-electron chi connectivity index (χ2n) is 4.11. The lowest BCUT2D eigenvalue weighted by Gasteiger charge is -2.14. The van der Waals surface area contributed by atoms with Gasteiger partial charge in [0.2, 0.25) is 10.0 Å². The Bertz CT molecular complexity index is 599. The second kappa shape index (κ2) is 7.28. The SMILES string of the molecule is CCOC(=O)C(C)NS(=O)(=O)c1ccc(OC)c(OC)c1. The maximum atomic E-state index is 12.2. The summed E-state index contributed by atoms with van der Waals surface area (Å²) in [5.41, 5.74) is 0. The van der Waals surface area contributed by atoms with E-state index in [0.29, 0.717) is 5.75 Å². The summed E-state index contributed by atoms with van der Waals surface area (Å²) in [6, 6.07) is 3.17. The number of benzene rings is 1. The molecule has 0 aromatic heterocycles. The highest BCUT2D eigenvalue weighted by Gasteiger charge is 2.23. The molecule has 0 amide bonds. The fourth-order valence-corrected chi connectivity index (χ4v) is 2.81. The standard InChI is InChI=1S/C13H19NO6S/c1-5-20-13(15)9(2)14-21(16,17)10-6-7-11(18-3)12(8-10)19-4/h6-9,14H,5H2,1-4H3. The van der Waals surface area contributed by atoms with Gasteiger partial charge in [0.05, 0.1) is 25.7 Å². The Labute approximate surface area is 124 Å². The largest absolute Gasteiger partial charge is 0.493 e. The molecule has 1 unspecified atom stereocenters. The van der Waals surface area contributed by atoms with Crippen molar-refractivity contribution in [2.75, 3.05) is 20.8 Å². The van der Waals surface area contributed by atoms with Crippen LogP contribution in [0.5, 0.6) is 11.5 Å². The highest BCUT2D eigenvalue weighted by molar-refractivity contribution is 7.89. The topological polar surface area (TPSA) is 90.9 Å². The van der Waals surface area contributed by atoms with Crippen LogP contribution < -0.4 is 14.2 Å². The Morgan fingerprint density at radius 2 is 1.86 bits per heavy atom. The van der Waals surface area contributed by atoms with Crippen molar-refractivity contribution < 1.29 is 27.4 Å². The molecule has 0 bridgehead atoms. The fraction of sp³-hybridized carbons (Fsp3) is 0.462. The van der Waals surface area contributed by atoms with Crippen LogP contribution in [0.25, 0.3) is 0 Å². The number of carbonyl (C=O) groups excluding carboxylic acids is 1. The van der Waals surface area contributed by atoms with Gasteiger partial charge in [-0.1, -0.05) is 0 Å². The molecule has 21 heavy (non-hydrogen) atoms. The van der Waals surface area contributed by atoms with Gasteiger partial charge in [-0.3, -0.25) is 4.79 Å². The number of carbonyl (C=O) groups is 1. The minimum atomic E-state index is -3.87. The van der Waals surface area contributed by atoms with Gasteiger partial charge in [-0.25, -0.2) is 8.42 Å². The summed E-state index contributed by atoms with van der Waals surface area (Å²) in [6.45, 7) is 3.24. The van der Waals surface area contributed by atoms with Crippen LogP contribution in [0.15, 0.2) is 23.1 Å². The summed E-state index contributed by atoms with van der Waals surface area (Å²) in [6.07, 6.45) is 0. The molecule has 7 nitrogen and oxygen atoms in total.